The van der Waals surface area contributed by atoms with E-state index in [9.17, 15) is 9.90 Å². The molecule has 0 spiro atoms. The Bertz CT molecular complexity index is 913. The van der Waals surface area contributed by atoms with Crippen molar-refractivity contribution in [3.63, 3.8) is 0 Å². The van der Waals surface area contributed by atoms with E-state index in [4.69, 9.17) is 13.9 Å². The molecule has 1 amide bonds. The van der Waals surface area contributed by atoms with Crippen molar-refractivity contribution < 1.29 is 23.8 Å². The smallest absolute Gasteiger partial charge is 0.262 e. The summed E-state index contributed by atoms with van der Waals surface area (Å²) in [6, 6.07) is 18.2. The van der Waals surface area contributed by atoms with Crippen LogP contribution in [0.3, 0.4) is 0 Å². The molecule has 3 rings (SSSR count). The third-order valence-electron chi connectivity index (χ3n) is 4.26. The summed E-state index contributed by atoms with van der Waals surface area (Å²) in [4.78, 5) is 12.1. The zero-order chi connectivity index (χ0) is 21.2. The van der Waals surface area contributed by atoms with Gasteiger partial charge in [0.2, 0.25) is 0 Å². The number of nitrogens with one attached hydrogen (secondary N) is 2. The summed E-state index contributed by atoms with van der Waals surface area (Å²) >= 11 is 0. The second kappa shape index (κ2) is 11.0. The molecule has 1 atom stereocenters. The number of aliphatic hydroxyl groups is 1. The average Bonchev–Trinajstić information content (AvgIpc) is 3.29. The standard InChI is InChI=1S/C23H26N2O5/c1-2-28-22-13-17(14-24-15-19(26)20-9-6-12-29-20)10-11-21(22)30-16-23(27)25-18-7-4-3-5-8-18/h3-13,19,24,26H,2,14-16H2,1H3,(H,25,27). The van der Waals surface area contributed by atoms with E-state index in [-0.39, 0.29) is 12.5 Å². The lowest BCUT2D eigenvalue weighted by atomic mass is 10.2. The second-order valence-corrected chi connectivity index (χ2v) is 6.58. The topological polar surface area (TPSA) is 93.0 Å². The molecule has 0 radical (unpaired) electrons. The number of carbonyl (C=O) groups excluding carboxylic acids is 1. The molecule has 7 heteroatoms. The van der Waals surface area contributed by atoms with Gasteiger partial charge in [-0.2, -0.15) is 0 Å². The third kappa shape index (κ3) is 6.37. The molecular weight excluding hydrogens is 384 g/mol. The van der Waals surface area contributed by atoms with E-state index in [1.54, 1.807) is 18.2 Å². The van der Waals surface area contributed by atoms with Crippen molar-refractivity contribution >= 4 is 11.6 Å². The van der Waals surface area contributed by atoms with Crippen LogP contribution in [0.4, 0.5) is 5.69 Å². The van der Waals surface area contributed by atoms with Gasteiger partial charge in [-0.05, 0) is 48.9 Å². The van der Waals surface area contributed by atoms with Gasteiger partial charge in [0.15, 0.2) is 18.1 Å². The van der Waals surface area contributed by atoms with Crippen molar-refractivity contribution in [3.8, 4) is 11.5 Å². The maximum absolute atomic E-state index is 12.1. The monoisotopic (exact) mass is 410 g/mol. The molecule has 3 N–H and O–H groups in total. The Hall–Kier alpha value is -3.29. The molecule has 0 bridgehead atoms. The van der Waals surface area contributed by atoms with E-state index in [1.807, 2.05) is 49.4 Å². The zero-order valence-corrected chi connectivity index (χ0v) is 16.8. The van der Waals surface area contributed by atoms with Crippen molar-refractivity contribution in [2.45, 2.75) is 19.6 Å². The van der Waals surface area contributed by atoms with Crippen LogP contribution in [0.5, 0.6) is 11.5 Å². The molecule has 0 saturated heterocycles. The SMILES string of the molecule is CCOc1cc(CNCC(O)c2ccco2)ccc1OCC(=O)Nc1ccccc1. The lowest BCUT2D eigenvalue weighted by Crippen LogP contribution is -2.21. The molecule has 0 aliphatic carbocycles. The largest absolute Gasteiger partial charge is 0.490 e. The van der Waals surface area contributed by atoms with Gasteiger partial charge in [-0.15, -0.1) is 0 Å². The summed E-state index contributed by atoms with van der Waals surface area (Å²) in [5, 5.41) is 16.0. The molecule has 0 fully saturated rings. The number of ether oxygens (including phenoxy) is 2. The van der Waals surface area contributed by atoms with E-state index >= 15 is 0 Å². The lowest BCUT2D eigenvalue weighted by molar-refractivity contribution is -0.118. The summed E-state index contributed by atoms with van der Waals surface area (Å²) in [6.45, 7) is 3.13. The van der Waals surface area contributed by atoms with E-state index in [2.05, 4.69) is 10.6 Å². The summed E-state index contributed by atoms with van der Waals surface area (Å²) in [7, 11) is 0. The van der Waals surface area contributed by atoms with Gasteiger partial charge in [-0.3, -0.25) is 4.79 Å². The van der Waals surface area contributed by atoms with Crippen LogP contribution in [0.25, 0.3) is 0 Å². The van der Waals surface area contributed by atoms with Gasteiger partial charge >= 0.3 is 0 Å². The van der Waals surface area contributed by atoms with E-state index in [0.717, 1.165) is 5.56 Å². The van der Waals surface area contributed by atoms with Crippen molar-refractivity contribution in [1.82, 2.24) is 5.32 Å². The number of carbonyl (C=O) groups is 1. The highest BCUT2D eigenvalue weighted by Gasteiger charge is 2.12. The van der Waals surface area contributed by atoms with Crippen LogP contribution < -0.4 is 20.1 Å². The Labute approximate surface area is 175 Å². The molecule has 1 aromatic heterocycles. The molecule has 30 heavy (non-hydrogen) atoms. The minimum atomic E-state index is -0.711. The normalized spacial score (nSPS) is 11.7. The lowest BCUT2D eigenvalue weighted by Gasteiger charge is -2.14. The van der Waals surface area contributed by atoms with Crippen LogP contribution in [0.1, 0.15) is 24.4 Å². The van der Waals surface area contributed by atoms with Crippen molar-refractivity contribution in [3.05, 3.63) is 78.3 Å². The number of hydrogen-bond donors (Lipinski definition) is 3. The van der Waals surface area contributed by atoms with Crippen LogP contribution >= 0.6 is 0 Å². The first kappa shape index (κ1) is 21.4. The Morgan fingerprint density at radius 1 is 1.07 bits per heavy atom. The number of amides is 1. The van der Waals surface area contributed by atoms with Gasteiger partial charge in [-0.25, -0.2) is 0 Å². The predicted molar refractivity (Wildman–Crippen MR) is 114 cm³/mol. The Morgan fingerprint density at radius 2 is 1.90 bits per heavy atom. The molecule has 2 aromatic carbocycles. The Balaban J connectivity index is 1.53. The molecule has 158 valence electrons. The van der Waals surface area contributed by atoms with Gasteiger partial charge in [0.1, 0.15) is 11.9 Å². The first-order valence-electron chi connectivity index (χ1n) is 9.81. The Kier molecular flexibility index (Phi) is 7.88. The summed E-state index contributed by atoms with van der Waals surface area (Å²) < 4.78 is 16.5. The van der Waals surface area contributed by atoms with Gasteiger partial charge in [0.25, 0.3) is 5.91 Å². The first-order chi connectivity index (χ1) is 14.7. The molecule has 0 saturated carbocycles. The van der Waals surface area contributed by atoms with E-state index in [0.29, 0.717) is 42.6 Å². The van der Waals surface area contributed by atoms with Gasteiger partial charge in [0, 0.05) is 18.8 Å². The van der Waals surface area contributed by atoms with Crippen LogP contribution in [-0.4, -0.2) is 30.8 Å². The highest BCUT2D eigenvalue weighted by molar-refractivity contribution is 5.91. The van der Waals surface area contributed by atoms with Gasteiger partial charge in [-0.1, -0.05) is 24.3 Å². The van der Waals surface area contributed by atoms with E-state index in [1.165, 1.54) is 6.26 Å². The number of hydrogen-bond acceptors (Lipinski definition) is 6. The minimum Gasteiger partial charge on any atom is -0.490 e. The maximum atomic E-state index is 12.1. The second-order valence-electron chi connectivity index (χ2n) is 6.58. The van der Waals surface area contributed by atoms with Crippen molar-refractivity contribution in [2.75, 3.05) is 25.1 Å². The van der Waals surface area contributed by atoms with Gasteiger partial charge < -0.3 is 29.6 Å². The zero-order valence-electron chi connectivity index (χ0n) is 16.8. The average molecular weight is 410 g/mol. The predicted octanol–water partition coefficient (Wildman–Crippen LogP) is 3.52. The number of rotatable bonds is 11. The highest BCUT2D eigenvalue weighted by Crippen LogP contribution is 2.28. The maximum Gasteiger partial charge on any atom is 0.262 e. The molecule has 0 aliphatic rings. The van der Waals surface area contributed by atoms with Crippen molar-refractivity contribution in [1.29, 1.82) is 0 Å². The number of furan rings is 1. The molecular formula is C23H26N2O5. The van der Waals surface area contributed by atoms with Crippen molar-refractivity contribution in [2.24, 2.45) is 0 Å². The minimum absolute atomic E-state index is 0.123. The quantitative estimate of drug-likeness (QED) is 0.448. The molecule has 1 heterocycles. The summed E-state index contributed by atoms with van der Waals surface area (Å²) in [5.74, 6) is 1.34. The van der Waals surface area contributed by atoms with Gasteiger partial charge in [0.05, 0.1) is 12.9 Å². The summed E-state index contributed by atoms with van der Waals surface area (Å²) in [6.07, 6.45) is 0.822. The number of aliphatic hydroxyl groups excluding tert-OH is 1. The fourth-order valence-electron chi connectivity index (χ4n) is 2.85. The van der Waals surface area contributed by atoms with Crippen LogP contribution in [0, 0.1) is 0 Å². The fraction of sp³-hybridized carbons (Fsp3) is 0.261. The first-order valence-corrected chi connectivity index (χ1v) is 9.81. The van der Waals surface area contributed by atoms with Crippen LogP contribution in [0.2, 0.25) is 0 Å². The molecule has 1 unspecified atom stereocenters. The fourth-order valence-corrected chi connectivity index (χ4v) is 2.85. The molecule has 3 aromatic rings. The highest BCUT2D eigenvalue weighted by atomic mass is 16.5. The number of benzene rings is 2. The Morgan fingerprint density at radius 3 is 2.63 bits per heavy atom. The number of anilines is 1. The van der Waals surface area contributed by atoms with Crippen LogP contribution in [-0.2, 0) is 11.3 Å². The third-order valence-corrected chi connectivity index (χ3v) is 4.26. The van der Waals surface area contributed by atoms with Crippen LogP contribution in [0.15, 0.2) is 71.3 Å². The van der Waals surface area contributed by atoms with E-state index < -0.39 is 6.10 Å². The number of para-hydroxylation sites is 1. The molecule has 7 nitrogen and oxygen atoms in total. The summed E-state index contributed by atoms with van der Waals surface area (Å²) in [5.41, 5.74) is 1.68. The molecule has 0 aliphatic heterocycles.